The van der Waals surface area contributed by atoms with Crippen LogP contribution in [0.5, 0.6) is 0 Å². The second kappa shape index (κ2) is 5.70. The monoisotopic (exact) mass is 268 g/mol. The third-order valence-corrected chi connectivity index (χ3v) is 4.35. The van der Waals surface area contributed by atoms with Crippen LogP contribution in [0.25, 0.3) is 0 Å². The van der Waals surface area contributed by atoms with Crippen LogP contribution in [0.1, 0.15) is 52.9 Å². The Kier molecular flexibility index (Phi) is 4.39. The normalized spacial score (nSPS) is 26.1. The average Bonchev–Trinajstić information content (AvgIpc) is 2.73. The maximum Gasteiger partial charge on any atom is 0.410 e. The lowest BCUT2D eigenvalue weighted by Crippen LogP contribution is -2.62. The molecule has 0 radical (unpaired) electrons. The second-order valence-corrected chi connectivity index (χ2v) is 6.89. The van der Waals surface area contributed by atoms with Crippen molar-refractivity contribution < 1.29 is 9.53 Å². The van der Waals surface area contributed by atoms with E-state index in [9.17, 15) is 4.79 Å². The van der Waals surface area contributed by atoms with Crippen molar-refractivity contribution in [3.05, 3.63) is 0 Å². The standard InChI is InChI=1S/C15H28N2O2/c1-15(2,3)19-14(18)17-10-9-12(17)13(16-4)11-7-5-6-8-11/h11-13,16H,5-10H2,1-4H3. The van der Waals surface area contributed by atoms with E-state index in [1.807, 2.05) is 32.7 Å². The summed E-state index contributed by atoms with van der Waals surface area (Å²) in [5.74, 6) is 0.722. The van der Waals surface area contributed by atoms with Gasteiger partial charge in [0.1, 0.15) is 5.60 Å². The summed E-state index contributed by atoms with van der Waals surface area (Å²) in [5.41, 5.74) is -0.403. The van der Waals surface area contributed by atoms with Crippen LogP contribution in [0.2, 0.25) is 0 Å². The molecule has 4 heteroatoms. The van der Waals surface area contributed by atoms with Crippen molar-refractivity contribution in [1.82, 2.24) is 10.2 Å². The smallest absolute Gasteiger partial charge is 0.410 e. The van der Waals surface area contributed by atoms with Crippen molar-refractivity contribution in [2.24, 2.45) is 5.92 Å². The highest BCUT2D eigenvalue weighted by molar-refractivity contribution is 5.69. The molecule has 1 aliphatic carbocycles. The third kappa shape index (κ3) is 3.41. The van der Waals surface area contributed by atoms with E-state index in [2.05, 4.69) is 5.32 Å². The zero-order valence-corrected chi connectivity index (χ0v) is 12.7. The molecule has 1 heterocycles. The summed E-state index contributed by atoms with van der Waals surface area (Å²) in [5, 5.41) is 3.44. The van der Waals surface area contributed by atoms with Crippen molar-refractivity contribution in [1.29, 1.82) is 0 Å². The lowest BCUT2D eigenvalue weighted by molar-refractivity contribution is -0.0170. The van der Waals surface area contributed by atoms with Crippen molar-refractivity contribution in [3.63, 3.8) is 0 Å². The van der Waals surface area contributed by atoms with Gasteiger partial charge in [-0.15, -0.1) is 0 Å². The first kappa shape index (κ1) is 14.6. The zero-order valence-electron chi connectivity index (χ0n) is 12.7. The van der Waals surface area contributed by atoms with Gasteiger partial charge in [-0.05, 0) is 53.0 Å². The molecule has 4 nitrogen and oxygen atoms in total. The number of hydrogen-bond donors (Lipinski definition) is 1. The largest absolute Gasteiger partial charge is 0.444 e. The maximum atomic E-state index is 12.2. The molecule has 1 saturated heterocycles. The predicted molar refractivity (Wildman–Crippen MR) is 76.2 cm³/mol. The highest BCUT2D eigenvalue weighted by Gasteiger charge is 2.42. The van der Waals surface area contributed by atoms with Crippen LogP contribution < -0.4 is 5.32 Å². The van der Waals surface area contributed by atoms with E-state index in [4.69, 9.17) is 4.74 Å². The summed E-state index contributed by atoms with van der Waals surface area (Å²) in [4.78, 5) is 14.1. The minimum absolute atomic E-state index is 0.151. The summed E-state index contributed by atoms with van der Waals surface area (Å²) in [6.07, 6.45) is 6.21. The van der Waals surface area contributed by atoms with Crippen molar-refractivity contribution in [3.8, 4) is 0 Å². The highest BCUT2D eigenvalue weighted by Crippen LogP contribution is 2.34. The number of ether oxygens (including phenoxy) is 1. The summed E-state index contributed by atoms with van der Waals surface area (Å²) in [6.45, 7) is 6.61. The first-order valence-electron chi connectivity index (χ1n) is 7.59. The van der Waals surface area contributed by atoms with Crippen LogP contribution in [0.3, 0.4) is 0 Å². The Morgan fingerprint density at radius 2 is 1.89 bits per heavy atom. The van der Waals surface area contributed by atoms with E-state index in [0.29, 0.717) is 12.1 Å². The van der Waals surface area contributed by atoms with Gasteiger partial charge in [0.2, 0.25) is 0 Å². The fraction of sp³-hybridized carbons (Fsp3) is 0.933. The fourth-order valence-electron chi connectivity index (χ4n) is 3.39. The molecule has 2 aliphatic rings. The molecular weight excluding hydrogens is 240 g/mol. The summed E-state index contributed by atoms with van der Waals surface area (Å²) in [6, 6.07) is 0.756. The Labute approximate surface area is 116 Å². The fourth-order valence-corrected chi connectivity index (χ4v) is 3.39. The number of likely N-dealkylation sites (N-methyl/N-ethyl adjacent to an activating group) is 1. The quantitative estimate of drug-likeness (QED) is 0.855. The van der Waals surface area contributed by atoms with E-state index in [1.54, 1.807) is 0 Å². The zero-order chi connectivity index (χ0) is 14.0. The Bertz CT molecular complexity index is 319. The molecule has 1 aliphatic heterocycles. The number of nitrogens with one attached hydrogen (secondary N) is 1. The van der Waals surface area contributed by atoms with Crippen LogP contribution in [0.15, 0.2) is 0 Å². The average molecular weight is 268 g/mol. The van der Waals surface area contributed by atoms with Crippen LogP contribution in [-0.4, -0.2) is 42.3 Å². The van der Waals surface area contributed by atoms with E-state index in [0.717, 1.165) is 18.9 Å². The summed E-state index contributed by atoms with van der Waals surface area (Å²) < 4.78 is 5.49. The molecule has 110 valence electrons. The Balaban J connectivity index is 1.94. The molecule has 0 spiro atoms. The molecule has 2 atom stereocenters. The molecule has 1 N–H and O–H groups in total. The van der Waals surface area contributed by atoms with Crippen LogP contribution >= 0.6 is 0 Å². The number of rotatable bonds is 3. The van der Waals surface area contributed by atoms with Gasteiger partial charge < -0.3 is 15.0 Å². The Morgan fingerprint density at radius 3 is 2.32 bits per heavy atom. The highest BCUT2D eigenvalue weighted by atomic mass is 16.6. The molecule has 2 fully saturated rings. The Hall–Kier alpha value is -0.770. The van der Waals surface area contributed by atoms with E-state index in [1.165, 1.54) is 25.7 Å². The predicted octanol–water partition coefficient (Wildman–Crippen LogP) is 2.77. The number of hydrogen-bond acceptors (Lipinski definition) is 3. The van der Waals surface area contributed by atoms with E-state index in [-0.39, 0.29) is 6.09 Å². The van der Waals surface area contributed by atoms with Crippen LogP contribution in [-0.2, 0) is 4.74 Å². The van der Waals surface area contributed by atoms with Gasteiger partial charge in [-0.3, -0.25) is 0 Å². The van der Waals surface area contributed by atoms with Crippen molar-refractivity contribution in [2.45, 2.75) is 70.6 Å². The summed E-state index contributed by atoms with van der Waals surface area (Å²) >= 11 is 0. The van der Waals surface area contributed by atoms with Gasteiger partial charge >= 0.3 is 6.09 Å². The third-order valence-electron chi connectivity index (χ3n) is 4.35. The lowest BCUT2D eigenvalue weighted by Gasteiger charge is -2.47. The Morgan fingerprint density at radius 1 is 1.26 bits per heavy atom. The molecule has 0 bridgehead atoms. The number of likely N-dealkylation sites (tertiary alicyclic amines) is 1. The van der Waals surface area contributed by atoms with Gasteiger partial charge in [0, 0.05) is 12.6 Å². The number of carbonyl (C=O) groups excluding carboxylic acids is 1. The molecular formula is C15H28N2O2. The van der Waals surface area contributed by atoms with Gasteiger partial charge in [0.05, 0.1) is 6.04 Å². The van der Waals surface area contributed by atoms with Gasteiger partial charge in [-0.1, -0.05) is 12.8 Å². The van der Waals surface area contributed by atoms with Crippen LogP contribution in [0.4, 0.5) is 4.79 Å². The number of carbonyl (C=O) groups is 1. The minimum atomic E-state index is -0.403. The van der Waals surface area contributed by atoms with E-state index >= 15 is 0 Å². The molecule has 1 amide bonds. The maximum absolute atomic E-state index is 12.2. The first-order valence-corrected chi connectivity index (χ1v) is 7.59. The van der Waals surface area contributed by atoms with E-state index < -0.39 is 5.60 Å². The van der Waals surface area contributed by atoms with Gasteiger partial charge in [-0.25, -0.2) is 4.79 Å². The van der Waals surface area contributed by atoms with Gasteiger partial charge in [0.25, 0.3) is 0 Å². The van der Waals surface area contributed by atoms with Crippen LogP contribution in [0, 0.1) is 5.92 Å². The molecule has 0 aromatic carbocycles. The molecule has 2 unspecified atom stereocenters. The molecule has 0 aromatic heterocycles. The molecule has 2 rings (SSSR count). The molecule has 0 aromatic rings. The number of amides is 1. The molecule has 1 saturated carbocycles. The second-order valence-electron chi connectivity index (χ2n) is 6.89. The lowest BCUT2D eigenvalue weighted by atomic mass is 9.85. The summed E-state index contributed by atoms with van der Waals surface area (Å²) in [7, 11) is 2.02. The van der Waals surface area contributed by atoms with Gasteiger partial charge in [0.15, 0.2) is 0 Å². The SMILES string of the molecule is CNC(C1CCCC1)C1CCN1C(=O)OC(C)(C)C. The van der Waals surface area contributed by atoms with Crippen molar-refractivity contribution >= 4 is 6.09 Å². The van der Waals surface area contributed by atoms with Gasteiger partial charge in [-0.2, -0.15) is 0 Å². The molecule has 19 heavy (non-hydrogen) atoms. The number of nitrogens with zero attached hydrogens (tertiary/aromatic N) is 1. The minimum Gasteiger partial charge on any atom is -0.444 e. The first-order chi connectivity index (χ1) is 8.92. The topological polar surface area (TPSA) is 41.6 Å². The van der Waals surface area contributed by atoms with Crippen molar-refractivity contribution in [2.75, 3.05) is 13.6 Å².